The van der Waals surface area contributed by atoms with E-state index in [0.29, 0.717) is 5.56 Å². The number of likely N-dealkylation sites (tertiary alicyclic amines) is 1. The van der Waals surface area contributed by atoms with Crippen molar-refractivity contribution in [2.75, 3.05) is 13.1 Å². The zero-order valence-corrected chi connectivity index (χ0v) is 13.7. The lowest BCUT2D eigenvalue weighted by atomic mass is 10.0. The first-order valence-electron chi connectivity index (χ1n) is 8.43. The van der Waals surface area contributed by atoms with Gasteiger partial charge >= 0.3 is 0 Å². The van der Waals surface area contributed by atoms with Crippen LogP contribution in [0.5, 0.6) is 0 Å². The van der Waals surface area contributed by atoms with E-state index in [4.69, 9.17) is 0 Å². The number of nitrogens with one attached hydrogen (secondary N) is 1. The predicted octanol–water partition coefficient (Wildman–Crippen LogP) is 3.22. The van der Waals surface area contributed by atoms with Gasteiger partial charge in [0.2, 0.25) is 0 Å². The van der Waals surface area contributed by atoms with Crippen LogP contribution in [0.2, 0.25) is 0 Å². The van der Waals surface area contributed by atoms with E-state index in [2.05, 4.69) is 34.5 Å². The van der Waals surface area contributed by atoms with E-state index in [9.17, 15) is 10.1 Å². The van der Waals surface area contributed by atoms with Gasteiger partial charge in [-0.1, -0.05) is 60.7 Å². The standard InChI is InChI=1S/C19H23N3O2/c23-22(24)19(17-9-5-2-6-10-17)20-18-11-13-21(14-12-18)15-16-7-3-1-4-8-16/h1-10,18-20H,11-15H2. The minimum atomic E-state index is -0.822. The van der Waals surface area contributed by atoms with E-state index >= 15 is 0 Å². The quantitative estimate of drug-likeness (QED) is 0.503. The summed E-state index contributed by atoms with van der Waals surface area (Å²) in [6.45, 7) is 2.88. The number of piperidine rings is 1. The monoisotopic (exact) mass is 325 g/mol. The van der Waals surface area contributed by atoms with Gasteiger partial charge in [-0.3, -0.25) is 15.0 Å². The molecule has 1 N–H and O–H groups in total. The fourth-order valence-electron chi connectivity index (χ4n) is 3.24. The zero-order valence-electron chi connectivity index (χ0n) is 13.7. The maximum atomic E-state index is 11.4. The van der Waals surface area contributed by atoms with E-state index in [1.54, 1.807) is 0 Å². The van der Waals surface area contributed by atoms with Crippen LogP contribution in [-0.2, 0) is 6.54 Å². The molecule has 0 bridgehead atoms. The van der Waals surface area contributed by atoms with E-state index in [1.807, 2.05) is 36.4 Å². The van der Waals surface area contributed by atoms with Gasteiger partial charge < -0.3 is 0 Å². The molecule has 24 heavy (non-hydrogen) atoms. The Morgan fingerprint density at radius 3 is 2.21 bits per heavy atom. The van der Waals surface area contributed by atoms with Gasteiger partial charge in [-0.15, -0.1) is 0 Å². The highest BCUT2D eigenvalue weighted by Gasteiger charge is 2.28. The van der Waals surface area contributed by atoms with Crippen LogP contribution >= 0.6 is 0 Å². The summed E-state index contributed by atoms with van der Waals surface area (Å²) >= 11 is 0. The molecule has 0 radical (unpaired) electrons. The van der Waals surface area contributed by atoms with Crippen molar-refractivity contribution in [1.29, 1.82) is 0 Å². The molecule has 0 saturated carbocycles. The second-order valence-electron chi connectivity index (χ2n) is 6.30. The molecular weight excluding hydrogens is 302 g/mol. The van der Waals surface area contributed by atoms with Crippen LogP contribution in [0.4, 0.5) is 0 Å². The smallest absolute Gasteiger partial charge is 0.291 e. The Morgan fingerprint density at radius 1 is 1.04 bits per heavy atom. The normalized spacial score (nSPS) is 17.5. The predicted molar refractivity (Wildman–Crippen MR) is 94.1 cm³/mol. The van der Waals surface area contributed by atoms with Gasteiger partial charge in [0, 0.05) is 23.1 Å². The van der Waals surface area contributed by atoms with Crippen LogP contribution in [0.25, 0.3) is 0 Å². The van der Waals surface area contributed by atoms with E-state index in [-0.39, 0.29) is 11.0 Å². The van der Waals surface area contributed by atoms with Crippen molar-refractivity contribution in [3.63, 3.8) is 0 Å². The lowest BCUT2D eigenvalue weighted by Crippen LogP contribution is -2.45. The Hall–Kier alpha value is -2.24. The van der Waals surface area contributed by atoms with Crippen molar-refractivity contribution in [3.8, 4) is 0 Å². The highest BCUT2D eigenvalue weighted by molar-refractivity contribution is 5.17. The summed E-state index contributed by atoms with van der Waals surface area (Å²) in [4.78, 5) is 13.6. The van der Waals surface area contributed by atoms with Crippen LogP contribution in [0.3, 0.4) is 0 Å². The van der Waals surface area contributed by atoms with E-state index in [0.717, 1.165) is 32.5 Å². The molecule has 1 fully saturated rings. The number of hydrogen-bond donors (Lipinski definition) is 1. The third-order valence-electron chi connectivity index (χ3n) is 4.56. The molecule has 5 heteroatoms. The summed E-state index contributed by atoms with van der Waals surface area (Å²) in [6.07, 6.45) is 1.05. The largest absolute Gasteiger partial charge is 0.299 e. The summed E-state index contributed by atoms with van der Waals surface area (Å²) in [6, 6.07) is 19.8. The topological polar surface area (TPSA) is 58.4 Å². The van der Waals surface area contributed by atoms with Crippen molar-refractivity contribution < 1.29 is 4.92 Å². The van der Waals surface area contributed by atoms with Crippen molar-refractivity contribution >= 4 is 0 Å². The summed E-state index contributed by atoms with van der Waals surface area (Å²) in [7, 11) is 0. The molecule has 1 saturated heterocycles. The highest BCUT2D eigenvalue weighted by Crippen LogP contribution is 2.19. The van der Waals surface area contributed by atoms with Crippen molar-refractivity contribution in [2.45, 2.75) is 31.6 Å². The summed E-state index contributed by atoms with van der Waals surface area (Å²) in [5, 5.41) is 14.6. The maximum absolute atomic E-state index is 11.4. The third-order valence-corrected chi connectivity index (χ3v) is 4.56. The number of nitro groups is 1. The molecule has 1 aliphatic rings. The Bertz CT molecular complexity index is 640. The fraction of sp³-hybridized carbons (Fsp3) is 0.368. The number of rotatable bonds is 6. The van der Waals surface area contributed by atoms with Crippen LogP contribution < -0.4 is 5.32 Å². The molecule has 5 nitrogen and oxygen atoms in total. The molecule has 0 spiro atoms. The van der Waals surface area contributed by atoms with E-state index in [1.165, 1.54) is 5.56 Å². The molecule has 1 heterocycles. The molecule has 0 amide bonds. The highest BCUT2D eigenvalue weighted by atomic mass is 16.6. The molecule has 2 aromatic rings. The Kier molecular flexibility index (Phi) is 5.56. The number of hydrogen-bond acceptors (Lipinski definition) is 4. The molecule has 0 aromatic heterocycles. The van der Waals surface area contributed by atoms with Gasteiger partial charge in [0.15, 0.2) is 0 Å². The lowest BCUT2D eigenvalue weighted by molar-refractivity contribution is -0.537. The average Bonchev–Trinajstić information content (AvgIpc) is 2.62. The third kappa shape index (κ3) is 4.40. The number of nitrogens with zero attached hydrogens (tertiary/aromatic N) is 2. The van der Waals surface area contributed by atoms with Crippen LogP contribution in [0.15, 0.2) is 60.7 Å². The average molecular weight is 325 g/mol. The Morgan fingerprint density at radius 2 is 1.62 bits per heavy atom. The molecular formula is C19H23N3O2. The molecule has 0 aliphatic carbocycles. The van der Waals surface area contributed by atoms with Crippen LogP contribution in [0.1, 0.15) is 30.1 Å². The van der Waals surface area contributed by atoms with Gasteiger partial charge in [0.1, 0.15) is 0 Å². The first kappa shape index (κ1) is 16.6. The molecule has 3 rings (SSSR count). The lowest BCUT2D eigenvalue weighted by Gasteiger charge is -2.33. The van der Waals surface area contributed by atoms with Gasteiger partial charge in [-0.25, -0.2) is 5.32 Å². The maximum Gasteiger partial charge on any atom is 0.291 e. The fourth-order valence-corrected chi connectivity index (χ4v) is 3.24. The molecule has 2 aromatic carbocycles. The first-order valence-corrected chi connectivity index (χ1v) is 8.43. The second-order valence-corrected chi connectivity index (χ2v) is 6.30. The number of benzene rings is 2. The SMILES string of the molecule is O=[N+]([O-])C(NC1CCN(Cc2ccccc2)CC1)c1ccccc1. The summed E-state index contributed by atoms with van der Waals surface area (Å²) in [5.74, 6) is 0. The van der Waals surface area contributed by atoms with E-state index < -0.39 is 6.17 Å². The van der Waals surface area contributed by atoms with Crippen LogP contribution in [-0.4, -0.2) is 29.0 Å². The summed E-state index contributed by atoms with van der Waals surface area (Å²) in [5.41, 5.74) is 2.03. The van der Waals surface area contributed by atoms with Gasteiger partial charge in [0.25, 0.3) is 6.17 Å². The zero-order chi connectivity index (χ0) is 16.8. The van der Waals surface area contributed by atoms with Crippen LogP contribution in [0, 0.1) is 10.1 Å². The Balaban J connectivity index is 1.53. The van der Waals surface area contributed by atoms with Gasteiger partial charge in [-0.05, 0) is 31.5 Å². The van der Waals surface area contributed by atoms with Gasteiger partial charge in [-0.2, -0.15) is 0 Å². The molecule has 1 unspecified atom stereocenters. The van der Waals surface area contributed by atoms with Crippen molar-refractivity contribution in [3.05, 3.63) is 81.9 Å². The van der Waals surface area contributed by atoms with Gasteiger partial charge in [0.05, 0.1) is 0 Å². The second kappa shape index (κ2) is 8.04. The summed E-state index contributed by atoms with van der Waals surface area (Å²) < 4.78 is 0. The minimum Gasteiger partial charge on any atom is -0.299 e. The van der Waals surface area contributed by atoms with Crippen molar-refractivity contribution in [1.82, 2.24) is 10.2 Å². The Labute approximate surface area is 142 Å². The first-order chi connectivity index (χ1) is 11.7. The molecule has 1 atom stereocenters. The minimum absolute atomic E-state index is 0.188. The van der Waals surface area contributed by atoms with Crippen molar-refractivity contribution in [2.24, 2.45) is 0 Å². The molecule has 1 aliphatic heterocycles. The molecule has 126 valence electrons.